The predicted octanol–water partition coefficient (Wildman–Crippen LogP) is 8.75. The third kappa shape index (κ3) is 7.43. The molecule has 13 heteroatoms. The molecule has 0 radical (unpaired) electrons. The van der Waals surface area contributed by atoms with Gasteiger partial charge in [-0.3, -0.25) is 10.1 Å². The van der Waals surface area contributed by atoms with Crippen LogP contribution in [0.3, 0.4) is 0 Å². The fourth-order valence-corrected chi connectivity index (χ4v) is 4.76. The van der Waals surface area contributed by atoms with Crippen molar-refractivity contribution in [1.29, 1.82) is 0 Å². The molecule has 202 valence electrons. The van der Waals surface area contributed by atoms with Gasteiger partial charge in [-0.1, -0.05) is 48.0 Å². The van der Waals surface area contributed by atoms with Gasteiger partial charge < -0.3 is 18.5 Å². The van der Waals surface area contributed by atoms with E-state index in [4.69, 9.17) is 30.1 Å². The first-order valence-electron chi connectivity index (χ1n) is 11.1. The molecule has 8 nitrogen and oxygen atoms in total. The highest BCUT2D eigenvalue weighted by molar-refractivity contribution is 7.54. The number of para-hydroxylation sites is 2. The standard InChI is InChI=1S/C26H18ClF3NO7P/c27-22-15-18(26(28,29)30)11-14-24(22)36-21-12-13-23(31(32)33)25(16-21)35-17-39(34,37-19-7-3-1-4-8-19)38-20-9-5-2-6-10-20/h1-16H,17H2. The number of rotatable bonds is 10. The molecule has 0 aliphatic carbocycles. The molecule has 4 aromatic carbocycles. The van der Waals surface area contributed by atoms with E-state index >= 15 is 0 Å². The molecule has 0 unspecified atom stereocenters. The summed E-state index contributed by atoms with van der Waals surface area (Å²) in [5.41, 5.74) is -1.47. The van der Waals surface area contributed by atoms with Gasteiger partial charge in [0, 0.05) is 12.1 Å². The van der Waals surface area contributed by atoms with Crippen LogP contribution < -0.4 is 18.5 Å². The van der Waals surface area contributed by atoms with Crippen LogP contribution in [0.15, 0.2) is 97.1 Å². The highest BCUT2D eigenvalue weighted by atomic mass is 35.5. The van der Waals surface area contributed by atoms with E-state index in [1.54, 1.807) is 60.7 Å². The lowest BCUT2D eigenvalue weighted by Gasteiger charge is -2.20. The Morgan fingerprint density at radius 2 is 1.38 bits per heavy atom. The quantitative estimate of drug-likeness (QED) is 0.105. The molecule has 0 aliphatic heterocycles. The maximum absolute atomic E-state index is 13.7. The van der Waals surface area contributed by atoms with E-state index in [-0.39, 0.29) is 33.8 Å². The van der Waals surface area contributed by atoms with Crippen molar-refractivity contribution in [3.05, 3.63) is 118 Å². The number of hydrogen-bond donors (Lipinski definition) is 0. The average molecular weight is 580 g/mol. The van der Waals surface area contributed by atoms with Crippen molar-refractivity contribution in [3.8, 4) is 28.7 Å². The minimum atomic E-state index is -4.60. The third-order valence-corrected chi connectivity index (χ3v) is 6.69. The maximum Gasteiger partial charge on any atom is 0.468 e. The zero-order chi connectivity index (χ0) is 28.0. The molecule has 0 saturated heterocycles. The second-order valence-corrected chi connectivity index (χ2v) is 10.1. The summed E-state index contributed by atoms with van der Waals surface area (Å²) in [6.07, 6.45) is -5.34. The molecule has 0 heterocycles. The molecule has 39 heavy (non-hydrogen) atoms. The molecule has 0 fully saturated rings. The normalized spacial score (nSPS) is 11.5. The van der Waals surface area contributed by atoms with Crippen molar-refractivity contribution in [2.24, 2.45) is 0 Å². The van der Waals surface area contributed by atoms with Crippen molar-refractivity contribution in [2.45, 2.75) is 6.18 Å². The van der Waals surface area contributed by atoms with Crippen molar-refractivity contribution < 1.29 is 41.2 Å². The third-order valence-electron chi connectivity index (χ3n) is 4.97. The monoisotopic (exact) mass is 579 g/mol. The molecule has 0 saturated carbocycles. The molecular weight excluding hydrogens is 562 g/mol. The minimum Gasteiger partial charge on any atom is -0.471 e. The highest BCUT2D eigenvalue weighted by Crippen LogP contribution is 2.49. The Labute approximate surface area is 225 Å². The van der Waals surface area contributed by atoms with Gasteiger partial charge in [0.15, 0.2) is 0 Å². The van der Waals surface area contributed by atoms with E-state index in [0.29, 0.717) is 6.07 Å². The topological polar surface area (TPSA) is 97.1 Å². The molecule has 0 aromatic heterocycles. The van der Waals surface area contributed by atoms with E-state index in [1.807, 2.05) is 0 Å². The Bertz CT molecular complexity index is 1460. The van der Waals surface area contributed by atoms with Crippen LogP contribution in [0.2, 0.25) is 5.02 Å². The highest BCUT2D eigenvalue weighted by Gasteiger charge is 2.32. The number of halogens is 4. The largest absolute Gasteiger partial charge is 0.471 e. The Hall–Kier alpha value is -4.21. The first kappa shape index (κ1) is 27.8. The number of alkyl halides is 3. The second kappa shape index (κ2) is 11.7. The lowest BCUT2D eigenvalue weighted by Crippen LogP contribution is -2.10. The van der Waals surface area contributed by atoms with E-state index in [1.165, 1.54) is 6.07 Å². The zero-order valence-electron chi connectivity index (χ0n) is 19.7. The molecule has 4 aromatic rings. The van der Waals surface area contributed by atoms with Crippen molar-refractivity contribution in [1.82, 2.24) is 0 Å². The second-order valence-electron chi connectivity index (χ2n) is 7.82. The minimum absolute atomic E-state index is 0.0416. The number of benzene rings is 4. The molecule has 0 amide bonds. The van der Waals surface area contributed by atoms with Crippen LogP contribution >= 0.6 is 19.2 Å². The van der Waals surface area contributed by atoms with Gasteiger partial charge in [-0.05, 0) is 48.5 Å². The van der Waals surface area contributed by atoms with Crippen LogP contribution in [0.5, 0.6) is 28.7 Å². The first-order chi connectivity index (χ1) is 18.5. The van der Waals surface area contributed by atoms with Gasteiger partial charge in [0.1, 0.15) is 23.0 Å². The molecule has 4 rings (SSSR count). The summed E-state index contributed by atoms with van der Waals surface area (Å²) in [5.74, 6) is -0.100. The fourth-order valence-electron chi connectivity index (χ4n) is 3.22. The van der Waals surface area contributed by atoms with Crippen LogP contribution in [0.4, 0.5) is 18.9 Å². The Kier molecular flexibility index (Phi) is 8.32. The van der Waals surface area contributed by atoms with Crippen molar-refractivity contribution in [2.75, 3.05) is 6.35 Å². The van der Waals surface area contributed by atoms with Gasteiger partial charge in [0.25, 0.3) is 0 Å². The van der Waals surface area contributed by atoms with Gasteiger partial charge in [0.2, 0.25) is 12.1 Å². The smallest absolute Gasteiger partial charge is 0.468 e. The van der Waals surface area contributed by atoms with Crippen molar-refractivity contribution in [3.63, 3.8) is 0 Å². The van der Waals surface area contributed by atoms with Crippen LogP contribution in [-0.4, -0.2) is 11.3 Å². The van der Waals surface area contributed by atoms with Crippen LogP contribution in [0.25, 0.3) is 0 Å². The fraction of sp³-hybridized carbons (Fsp3) is 0.0769. The van der Waals surface area contributed by atoms with Gasteiger partial charge in [-0.25, -0.2) is 4.57 Å². The van der Waals surface area contributed by atoms with E-state index < -0.39 is 36.3 Å². The number of nitro benzene ring substituents is 1. The van der Waals surface area contributed by atoms with Crippen LogP contribution in [0.1, 0.15) is 5.56 Å². The molecule has 0 N–H and O–H groups in total. The van der Waals surface area contributed by atoms with Crippen LogP contribution in [-0.2, 0) is 10.7 Å². The van der Waals surface area contributed by atoms with E-state index in [0.717, 1.165) is 24.3 Å². The SMILES string of the molecule is O=[N+]([O-])c1ccc(Oc2ccc(C(F)(F)F)cc2Cl)cc1OCP(=O)(Oc1ccccc1)Oc1ccccc1. The average Bonchev–Trinajstić information content (AvgIpc) is 2.89. The number of nitrogens with zero attached hydrogens (tertiary/aromatic N) is 1. The molecule has 0 spiro atoms. The summed E-state index contributed by atoms with van der Waals surface area (Å²) in [5, 5.41) is 11.3. The summed E-state index contributed by atoms with van der Waals surface area (Å²) < 4.78 is 74.8. The first-order valence-corrected chi connectivity index (χ1v) is 13.2. The van der Waals surface area contributed by atoms with Gasteiger partial charge >= 0.3 is 19.5 Å². The van der Waals surface area contributed by atoms with Gasteiger partial charge in [0.05, 0.1) is 15.5 Å². The summed E-state index contributed by atoms with van der Waals surface area (Å²) in [4.78, 5) is 10.9. The molecule has 0 aliphatic rings. The van der Waals surface area contributed by atoms with E-state index in [9.17, 15) is 27.9 Å². The summed E-state index contributed by atoms with van der Waals surface area (Å²) in [7, 11) is -4.10. The lowest BCUT2D eigenvalue weighted by atomic mass is 10.2. The Morgan fingerprint density at radius 3 is 1.90 bits per heavy atom. The Morgan fingerprint density at radius 1 is 0.795 bits per heavy atom. The van der Waals surface area contributed by atoms with Gasteiger partial charge in [-0.15, -0.1) is 0 Å². The molecular formula is C26H18ClF3NO7P. The van der Waals surface area contributed by atoms with Crippen molar-refractivity contribution >= 4 is 24.9 Å². The number of hydrogen-bond acceptors (Lipinski definition) is 7. The summed E-state index contributed by atoms with van der Waals surface area (Å²) in [6.45, 7) is 0. The van der Waals surface area contributed by atoms with Crippen LogP contribution in [0, 0.1) is 10.1 Å². The number of ether oxygens (including phenoxy) is 2. The molecule has 0 atom stereocenters. The molecule has 0 bridgehead atoms. The Balaban J connectivity index is 1.60. The zero-order valence-corrected chi connectivity index (χ0v) is 21.4. The maximum atomic E-state index is 13.7. The van der Waals surface area contributed by atoms with E-state index in [2.05, 4.69) is 0 Å². The van der Waals surface area contributed by atoms with Gasteiger partial charge in [-0.2, -0.15) is 13.2 Å². The predicted molar refractivity (Wildman–Crippen MR) is 137 cm³/mol. The summed E-state index contributed by atoms with van der Waals surface area (Å²) >= 11 is 5.95. The summed E-state index contributed by atoms with van der Waals surface area (Å²) in [6, 6.07) is 22.1. The number of nitro groups is 1. The lowest BCUT2D eigenvalue weighted by molar-refractivity contribution is -0.385.